The highest BCUT2D eigenvalue weighted by Gasteiger charge is 2.31. The van der Waals surface area contributed by atoms with Gasteiger partial charge in [0.25, 0.3) is 0 Å². The fourth-order valence-corrected chi connectivity index (χ4v) is 3.65. The molecule has 3 aromatic rings. The van der Waals surface area contributed by atoms with Gasteiger partial charge >= 0.3 is 6.18 Å². The molecule has 1 aliphatic rings. The van der Waals surface area contributed by atoms with Crippen LogP contribution in [0.5, 0.6) is 5.75 Å². The molecule has 0 aliphatic heterocycles. The molecule has 0 bridgehead atoms. The fourth-order valence-electron chi connectivity index (χ4n) is 3.65. The summed E-state index contributed by atoms with van der Waals surface area (Å²) in [6, 6.07) is 5.95. The van der Waals surface area contributed by atoms with E-state index in [4.69, 9.17) is 0 Å². The molecular weight excluding hydrogens is 385 g/mol. The number of nitrogens with one attached hydrogen (secondary N) is 1. The topological polar surface area (TPSA) is 91.2 Å². The van der Waals surface area contributed by atoms with Crippen LogP contribution >= 0.6 is 0 Å². The SMILES string of the molecule is Oc1cc(C(F)(F)F)ccc1-c1nnc(N[C@@H]2CCCC[C@H]2O)c2ncccc12. The Morgan fingerprint density at radius 3 is 2.59 bits per heavy atom. The molecule has 3 N–H and O–H groups in total. The normalized spacial score (nSPS) is 20.0. The molecule has 6 nitrogen and oxygen atoms in total. The molecule has 2 heterocycles. The minimum atomic E-state index is -4.56. The molecule has 2 atom stereocenters. The number of hydrogen-bond donors (Lipinski definition) is 3. The van der Waals surface area contributed by atoms with Crippen molar-refractivity contribution in [1.29, 1.82) is 0 Å². The largest absolute Gasteiger partial charge is 0.507 e. The number of aliphatic hydroxyl groups is 1. The van der Waals surface area contributed by atoms with E-state index >= 15 is 0 Å². The molecule has 2 aromatic heterocycles. The van der Waals surface area contributed by atoms with Crippen LogP contribution in [-0.2, 0) is 6.18 Å². The average molecular weight is 404 g/mol. The van der Waals surface area contributed by atoms with E-state index in [-0.39, 0.29) is 17.3 Å². The zero-order valence-electron chi connectivity index (χ0n) is 15.3. The lowest BCUT2D eigenvalue weighted by molar-refractivity contribution is -0.137. The Morgan fingerprint density at radius 2 is 1.86 bits per heavy atom. The summed E-state index contributed by atoms with van der Waals surface area (Å²) in [6.45, 7) is 0. The summed E-state index contributed by atoms with van der Waals surface area (Å²) in [4.78, 5) is 4.34. The predicted octanol–water partition coefficient (Wildman–Crippen LogP) is 4.13. The zero-order chi connectivity index (χ0) is 20.6. The molecule has 1 fully saturated rings. The van der Waals surface area contributed by atoms with Crippen molar-refractivity contribution in [1.82, 2.24) is 15.2 Å². The highest BCUT2D eigenvalue weighted by molar-refractivity contribution is 5.98. The Hall–Kier alpha value is -2.94. The van der Waals surface area contributed by atoms with Gasteiger partial charge in [-0.3, -0.25) is 4.98 Å². The lowest BCUT2D eigenvalue weighted by Crippen LogP contribution is -2.36. The van der Waals surface area contributed by atoms with E-state index in [9.17, 15) is 23.4 Å². The summed E-state index contributed by atoms with van der Waals surface area (Å²) in [5, 5.41) is 32.4. The maximum Gasteiger partial charge on any atom is 0.416 e. The van der Waals surface area contributed by atoms with E-state index in [1.165, 1.54) is 6.07 Å². The van der Waals surface area contributed by atoms with E-state index in [0.717, 1.165) is 25.3 Å². The Balaban J connectivity index is 1.76. The molecule has 0 unspecified atom stereocenters. The number of aromatic hydroxyl groups is 1. The summed E-state index contributed by atoms with van der Waals surface area (Å²) in [5.41, 5.74) is -0.116. The number of phenolic OH excluding ortho intramolecular Hbond substituents is 1. The Morgan fingerprint density at radius 1 is 1.07 bits per heavy atom. The van der Waals surface area contributed by atoms with Gasteiger partial charge < -0.3 is 15.5 Å². The minimum Gasteiger partial charge on any atom is -0.507 e. The van der Waals surface area contributed by atoms with Crippen LogP contribution in [0.15, 0.2) is 36.5 Å². The molecular formula is C20H19F3N4O2. The summed E-state index contributed by atoms with van der Waals surface area (Å²) in [7, 11) is 0. The highest BCUT2D eigenvalue weighted by atomic mass is 19.4. The van der Waals surface area contributed by atoms with Crippen LogP contribution in [-0.4, -0.2) is 37.5 Å². The quantitative estimate of drug-likeness (QED) is 0.608. The Labute approximate surface area is 164 Å². The van der Waals surface area contributed by atoms with Crippen LogP contribution in [0, 0.1) is 0 Å². The standard InChI is InChI=1S/C20H19F3N4O2/c21-20(22,23)11-7-8-12(16(29)10-11)17-13-4-3-9-24-18(13)19(27-26-17)25-14-5-1-2-6-15(14)28/h3-4,7-10,14-15,28-29H,1-2,5-6H2,(H,25,27)/t14-,15-/m1/s1. The molecule has 0 spiro atoms. The fraction of sp³-hybridized carbons (Fsp3) is 0.350. The molecule has 1 aliphatic carbocycles. The van der Waals surface area contributed by atoms with Gasteiger partial charge in [-0.05, 0) is 43.2 Å². The van der Waals surface area contributed by atoms with Crippen molar-refractivity contribution in [2.45, 2.75) is 44.0 Å². The molecule has 29 heavy (non-hydrogen) atoms. The number of rotatable bonds is 3. The Bertz CT molecular complexity index is 1040. The first kappa shape index (κ1) is 19.4. The first-order chi connectivity index (χ1) is 13.8. The minimum absolute atomic E-state index is 0.132. The average Bonchev–Trinajstić information content (AvgIpc) is 2.69. The third-order valence-corrected chi connectivity index (χ3v) is 5.17. The predicted molar refractivity (Wildman–Crippen MR) is 101 cm³/mol. The van der Waals surface area contributed by atoms with Gasteiger partial charge in [-0.2, -0.15) is 13.2 Å². The van der Waals surface area contributed by atoms with Crippen molar-refractivity contribution in [2.24, 2.45) is 0 Å². The number of phenols is 1. The van der Waals surface area contributed by atoms with Crippen LogP contribution in [0.25, 0.3) is 22.2 Å². The summed E-state index contributed by atoms with van der Waals surface area (Å²) in [5.74, 6) is -0.149. The van der Waals surface area contributed by atoms with E-state index in [2.05, 4.69) is 20.5 Å². The summed E-state index contributed by atoms with van der Waals surface area (Å²) < 4.78 is 38.7. The number of hydrogen-bond acceptors (Lipinski definition) is 6. The monoisotopic (exact) mass is 404 g/mol. The number of anilines is 1. The number of alkyl halides is 3. The molecule has 9 heteroatoms. The molecule has 152 valence electrons. The zero-order valence-corrected chi connectivity index (χ0v) is 15.3. The van der Waals surface area contributed by atoms with Gasteiger partial charge in [0.1, 0.15) is 17.0 Å². The number of pyridine rings is 1. The first-order valence-electron chi connectivity index (χ1n) is 9.31. The van der Waals surface area contributed by atoms with Gasteiger partial charge in [-0.1, -0.05) is 12.8 Å². The van der Waals surface area contributed by atoms with Gasteiger partial charge in [0.15, 0.2) is 5.82 Å². The van der Waals surface area contributed by atoms with Gasteiger partial charge in [-0.15, -0.1) is 10.2 Å². The number of aromatic nitrogens is 3. The molecule has 0 radical (unpaired) electrons. The first-order valence-corrected chi connectivity index (χ1v) is 9.31. The third-order valence-electron chi connectivity index (χ3n) is 5.17. The van der Waals surface area contributed by atoms with Crippen LogP contribution in [0.1, 0.15) is 31.2 Å². The van der Waals surface area contributed by atoms with E-state index < -0.39 is 23.6 Å². The number of halogens is 3. The number of fused-ring (bicyclic) bond motifs is 1. The molecule has 0 amide bonds. The van der Waals surface area contributed by atoms with Crippen molar-refractivity contribution < 1.29 is 23.4 Å². The molecule has 4 rings (SSSR count). The van der Waals surface area contributed by atoms with Gasteiger partial charge in [0, 0.05) is 17.1 Å². The lowest BCUT2D eigenvalue weighted by atomic mass is 9.92. The van der Waals surface area contributed by atoms with E-state index in [1.807, 2.05) is 0 Å². The lowest BCUT2D eigenvalue weighted by Gasteiger charge is -2.28. The number of nitrogens with zero attached hydrogens (tertiary/aromatic N) is 3. The smallest absolute Gasteiger partial charge is 0.416 e. The molecule has 1 aromatic carbocycles. The van der Waals surface area contributed by atoms with Gasteiger partial charge in [0.2, 0.25) is 0 Å². The van der Waals surface area contributed by atoms with Crippen LogP contribution in [0.4, 0.5) is 19.0 Å². The van der Waals surface area contributed by atoms with Crippen molar-refractivity contribution >= 4 is 16.7 Å². The van der Waals surface area contributed by atoms with Crippen molar-refractivity contribution in [2.75, 3.05) is 5.32 Å². The second-order valence-corrected chi connectivity index (χ2v) is 7.13. The molecule has 1 saturated carbocycles. The van der Waals surface area contributed by atoms with Crippen LogP contribution < -0.4 is 5.32 Å². The van der Waals surface area contributed by atoms with E-state index in [1.54, 1.807) is 18.3 Å². The van der Waals surface area contributed by atoms with Gasteiger partial charge in [-0.25, -0.2) is 0 Å². The third kappa shape index (κ3) is 3.82. The number of benzene rings is 1. The second-order valence-electron chi connectivity index (χ2n) is 7.13. The van der Waals surface area contributed by atoms with Crippen LogP contribution in [0.3, 0.4) is 0 Å². The maximum atomic E-state index is 12.9. The second kappa shape index (κ2) is 7.47. The van der Waals surface area contributed by atoms with Crippen molar-refractivity contribution in [3.05, 3.63) is 42.1 Å². The highest BCUT2D eigenvalue weighted by Crippen LogP contribution is 2.38. The van der Waals surface area contributed by atoms with Gasteiger partial charge in [0.05, 0.1) is 17.7 Å². The van der Waals surface area contributed by atoms with Crippen molar-refractivity contribution in [3.63, 3.8) is 0 Å². The molecule has 0 saturated heterocycles. The summed E-state index contributed by atoms with van der Waals surface area (Å²) >= 11 is 0. The van der Waals surface area contributed by atoms with Crippen molar-refractivity contribution in [3.8, 4) is 17.0 Å². The summed E-state index contributed by atoms with van der Waals surface area (Å²) in [6.07, 6.45) is -0.0285. The Kier molecular flexibility index (Phi) is 4.99. The van der Waals surface area contributed by atoms with E-state index in [0.29, 0.717) is 29.2 Å². The van der Waals surface area contributed by atoms with Crippen LogP contribution in [0.2, 0.25) is 0 Å². The maximum absolute atomic E-state index is 12.9. The number of aliphatic hydroxyl groups excluding tert-OH is 1.